The van der Waals surface area contributed by atoms with E-state index < -0.39 is 0 Å². The Labute approximate surface area is 76.7 Å². The minimum absolute atomic E-state index is 0.832. The van der Waals surface area contributed by atoms with Gasteiger partial charge in [-0.05, 0) is 42.9 Å². The third-order valence-electron chi connectivity index (χ3n) is 4.78. The Morgan fingerprint density at radius 2 is 1.92 bits per heavy atom. The average molecular weight is 166 g/mol. The summed E-state index contributed by atoms with van der Waals surface area (Å²) in [5.74, 6) is 2.23. The van der Waals surface area contributed by atoms with E-state index in [0.717, 1.165) is 17.3 Å². The molecule has 0 aromatic heterocycles. The van der Waals surface area contributed by atoms with E-state index in [-0.39, 0.29) is 0 Å². The van der Waals surface area contributed by atoms with Crippen molar-refractivity contribution in [3.05, 3.63) is 0 Å². The molecule has 2 aliphatic rings. The monoisotopic (exact) mass is 166 g/mol. The lowest BCUT2D eigenvalue weighted by atomic mass is 9.50. The van der Waals surface area contributed by atoms with Gasteiger partial charge in [0.25, 0.3) is 0 Å². The van der Waals surface area contributed by atoms with Gasteiger partial charge in [-0.25, -0.2) is 0 Å². The molecule has 0 heteroatoms. The van der Waals surface area contributed by atoms with E-state index in [1.807, 2.05) is 0 Å². The predicted molar refractivity (Wildman–Crippen MR) is 53.1 cm³/mol. The maximum absolute atomic E-state index is 2.41. The van der Waals surface area contributed by atoms with Gasteiger partial charge in [-0.1, -0.05) is 33.1 Å². The van der Waals surface area contributed by atoms with Gasteiger partial charge in [-0.2, -0.15) is 0 Å². The molecule has 2 atom stereocenters. The Morgan fingerprint density at radius 1 is 1.17 bits per heavy atom. The van der Waals surface area contributed by atoms with Crippen molar-refractivity contribution >= 4 is 0 Å². The van der Waals surface area contributed by atoms with Crippen LogP contribution in [0.4, 0.5) is 0 Å². The molecule has 0 N–H and O–H groups in total. The summed E-state index contributed by atoms with van der Waals surface area (Å²) in [6.07, 6.45) is 10.6. The van der Waals surface area contributed by atoms with Gasteiger partial charge in [0.2, 0.25) is 0 Å². The van der Waals surface area contributed by atoms with Crippen LogP contribution in [0.5, 0.6) is 0 Å². The van der Waals surface area contributed by atoms with Crippen LogP contribution in [0.2, 0.25) is 0 Å². The molecule has 0 nitrogen and oxygen atoms in total. The van der Waals surface area contributed by atoms with E-state index in [9.17, 15) is 0 Å². The Bertz CT molecular complexity index is 148. The molecule has 0 heterocycles. The minimum atomic E-state index is 0.832. The third-order valence-corrected chi connectivity index (χ3v) is 4.78. The first kappa shape index (κ1) is 8.59. The fraction of sp³-hybridized carbons (Fsp3) is 1.00. The zero-order valence-corrected chi connectivity index (χ0v) is 8.60. The molecule has 2 saturated carbocycles. The van der Waals surface area contributed by atoms with Gasteiger partial charge >= 0.3 is 0 Å². The number of hydrogen-bond donors (Lipinski definition) is 0. The lowest BCUT2D eigenvalue weighted by Crippen LogP contribution is -2.45. The summed E-state index contributed by atoms with van der Waals surface area (Å²) in [7, 11) is 0. The van der Waals surface area contributed by atoms with Crippen molar-refractivity contribution in [1.29, 1.82) is 0 Å². The van der Waals surface area contributed by atoms with Crippen LogP contribution in [-0.2, 0) is 0 Å². The summed E-state index contributed by atoms with van der Waals surface area (Å²) >= 11 is 0. The van der Waals surface area contributed by atoms with Crippen molar-refractivity contribution < 1.29 is 0 Å². The van der Waals surface area contributed by atoms with Crippen LogP contribution >= 0.6 is 0 Å². The lowest BCUT2D eigenvalue weighted by Gasteiger charge is -2.55. The molecule has 2 rings (SSSR count). The fourth-order valence-corrected chi connectivity index (χ4v) is 3.48. The second-order valence-electron chi connectivity index (χ2n) is 4.92. The zero-order valence-electron chi connectivity index (χ0n) is 8.60. The highest BCUT2D eigenvalue weighted by atomic mass is 14.5. The van der Waals surface area contributed by atoms with Crippen molar-refractivity contribution in [1.82, 2.24) is 0 Å². The molecule has 0 amide bonds. The summed E-state index contributed by atoms with van der Waals surface area (Å²) in [5.41, 5.74) is 0.832. The van der Waals surface area contributed by atoms with E-state index in [1.165, 1.54) is 25.7 Å². The van der Waals surface area contributed by atoms with Crippen LogP contribution in [0.1, 0.15) is 58.8 Å². The Balaban J connectivity index is 1.97. The summed E-state index contributed by atoms with van der Waals surface area (Å²) < 4.78 is 0. The second-order valence-corrected chi connectivity index (χ2v) is 4.92. The van der Waals surface area contributed by atoms with E-state index in [2.05, 4.69) is 13.8 Å². The van der Waals surface area contributed by atoms with Crippen molar-refractivity contribution in [2.24, 2.45) is 17.3 Å². The van der Waals surface area contributed by atoms with Gasteiger partial charge in [-0.15, -0.1) is 0 Å². The average Bonchev–Trinajstić information content (AvgIpc) is 1.95. The summed E-state index contributed by atoms with van der Waals surface area (Å²) in [6, 6.07) is 0. The first-order valence-corrected chi connectivity index (χ1v) is 5.82. The molecule has 0 saturated heterocycles. The highest BCUT2D eigenvalue weighted by Crippen LogP contribution is 2.59. The Kier molecular flexibility index (Phi) is 2.18. The van der Waals surface area contributed by atoms with Crippen LogP contribution in [0.25, 0.3) is 0 Å². The predicted octanol–water partition coefficient (Wildman–Crippen LogP) is 4.00. The van der Waals surface area contributed by atoms with Crippen molar-refractivity contribution in [3.63, 3.8) is 0 Å². The quantitative estimate of drug-likeness (QED) is 0.594. The summed E-state index contributed by atoms with van der Waals surface area (Å²) in [6.45, 7) is 4.78. The van der Waals surface area contributed by atoms with Crippen LogP contribution in [-0.4, -0.2) is 0 Å². The largest absolute Gasteiger partial charge is 0.0651 e. The molecule has 0 radical (unpaired) electrons. The normalized spacial score (nSPS) is 38.5. The highest BCUT2D eigenvalue weighted by molar-refractivity contribution is 4.98. The van der Waals surface area contributed by atoms with Gasteiger partial charge in [-0.3, -0.25) is 0 Å². The number of hydrogen-bond acceptors (Lipinski definition) is 0. The molecule has 2 aliphatic carbocycles. The summed E-state index contributed by atoms with van der Waals surface area (Å²) in [5, 5.41) is 0. The third kappa shape index (κ3) is 1.03. The zero-order chi connectivity index (χ0) is 8.60. The minimum Gasteiger partial charge on any atom is -0.0651 e. The van der Waals surface area contributed by atoms with E-state index in [4.69, 9.17) is 0 Å². The Hall–Kier alpha value is 0. The van der Waals surface area contributed by atoms with Gasteiger partial charge in [0, 0.05) is 0 Å². The van der Waals surface area contributed by atoms with Gasteiger partial charge in [0.1, 0.15) is 0 Å². The van der Waals surface area contributed by atoms with Gasteiger partial charge in [0.15, 0.2) is 0 Å². The molecule has 0 aliphatic heterocycles. The summed E-state index contributed by atoms with van der Waals surface area (Å²) in [4.78, 5) is 0. The van der Waals surface area contributed by atoms with Crippen LogP contribution < -0.4 is 0 Å². The van der Waals surface area contributed by atoms with Gasteiger partial charge in [0.05, 0.1) is 0 Å². The van der Waals surface area contributed by atoms with Crippen LogP contribution in [0, 0.1) is 17.3 Å². The molecule has 70 valence electrons. The van der Waals surface area contributed by atoms with E-state index >= 15 is 0 Å². The second kappa shape index (κ2) is 3.05. The maximum Gasteiger partial charge on any atom is -0.0269 e. The molecule has 12 heavy (non-hydrogen) atoms. The van der Waals surface area contributed by atoms with Crippen LogP contribution in [0.3, 0.4) is 0 Å². The van der Waals surface area contributed by atoms with E-state index in [1.54, 1.807) is 19.3 Å². The van der Waals surface area contributed by atoms with Crippen molar-refractivity contribution in [3.8, 4) is 0 Å². The first-order chi connectivity index (χ1) is 5.82. The standard InChI is InChI=1S/C12H22/c1-3-10-6-7-11(10)12(4-2)8-5-9-12/h10-11H,3-9H2,1-2H3. The first-order valence-electron chi connectivity index (χ1n) is 5.82. The maximum atomic E-state index is 2.41. The van der Waals surface area contributed by atoms with Crippen molar-refractivity contribution in [2.45, 2.75) is 58.8 Å². The molecule has 2 fully saturated rings. The van der Waals surface area contributed by atoms with E-state index in [0.29, 0.717) is 0 Å². The molecular weight excluding hydrogens is 144 g/mol. The molecule has 0 bridgehead atoms. The topological polar surface area (TPSA) is 0 Å². The smallest absolute Gasteiger partial charge is 0.0269 e. The van der Waals surface area contributed by atoms with Gasteiger partial charge < -0.3 is 0 Å². The van der Waals surface area contributed by atoms with Crippen LogP contribution in [0.15, 0.2) is 0 Å². The molecule has 2 unspecified atom stereocenters. The molecule has 0 aromatic rings. The SMILES string of the molecule is CCC1CCC1C1(CC)CCC1. The molecule has 0 aromatic carbocycles. The molecule has 0 spiro atoms. The fourth-order valence-electron chi connectivity index (χ4n) is 3.48. The lowest BCUT2D eigenvalue weighted by molar-refractivity contribution is -0.0482. The van der Waals surface area contributed by atoms with Crippen molar-refractivity contribution in [2.75, 3.05) is 0 Å². The Morgan fingerprint density at radius 3 is 2.17 bits per heavy atom. The number of rotatable bonds is 3. The molecular formula is C12H22. The highest BCUT2D eigenvalue weighted by Gasteiger charge is 2.48.